The Kier molecular flexibility index (Phi) is 7.42. The minimum Gasteiger partial charge on any atom is -0.393 e. The van der Waals surface area contributed by atoms with E-state index in [4.69, 9.17) is 9.47 Å². The summed E-state index contributed by atoms with van der Waals surface area (Å²) in [4.78, 5) is 0. The molecule has 0 bridgehead atoms. The third-order valence-corrected chi connectivity index (χ3v) is 2.88. The standard InChI is InChI=1S/C13H18BrFO3/c1-17-4-5-18-3-2-13(16)8-10-6-11(14)9-12(15)7-10/h6-7,9,13,16H,2-5,8H2,1H3. The van der Waals surface area contributed by atoms with Crippen LogP contribution in [0.3, 0.4) is 0 Å². The molecule has 0 radical (unpaired) electrons. The summed E-state index contributed by atoms with van der Waals surface area (Å²) < 4.78 is 23.9. The highest BCUT2D eigenvalue weighted by atomic mass is 79.9. The Balaban J connectivity index is 2.28. The van der Waals surface area contributed by atoms with Crippen LogP contribution in [0.25, 0.3) is 0 Å². The minimum absolute atomic E-state index is 0.303. The molecule has 102 valence electrons. The number of hydrogen-bond acceptors (Lipinski definition) is 3. The van der Waals surface area contributed by atoms with Crippen LogP contribution in [-0.2, 0) is 15.9 Å². The number of aliphatic hydroxyl groups is 1. The fraction of sp³-hybridized carbons (Fsp3) is 0.538. The van der Waals surface area contributed by atoms with Crippen LogP contribution in [0.5, 0.6) is 0 Å². The van der Waals surface area contributed by atoms with Crippen molar-refractivity contribution >= 4 is 15.9 Å². The van der Waals surface area contributed by atoms with E-state index >= 15 is 0 Å². The molecule has 0 aliphatic rings. The molecule has 0 saturated carbocycles. The van der Waals surface area contributed by atoms with Crippen molar-refractivity contribution in [2.24, 2.45) is 0 Å². The first-order chi connectivity index (χ1) is 8.61. The van der Waals surface area contributed by atoms with Crippen LogP contribution in [-0.4, -0.2) is 38.1 Å². The van der Waals surface area contributed by atoms with E-state index in [1.807, 2.05) is 0 Å². The average Bonchev–Trinajstić information content (AvgIpc) is 2.27. The zero-order valence-corrected chi connectivity index (χ0v) is 12.0. The molecule has 0 heterocycles. The van der Waals surface area contributed by atoms with Gasteiger partial charge in [0.15, 0.2) is 0 Å². The number of rotatable bonds is 8. The van der Waals surface area contributed by atoms with Gasteiger partial charge in [-0.3, -0.25) is 0 Å². The van der Waals surface area contributed by atoms with Crippen molar-refractivity contribution in [2.45, 2.75) is 18.9 Å². The lowest BCUT2D eigenvalue weighted by Gasteiger charge is -2.11. The summed E-state index contributed by atoms with van der Waals surface area (Å²) in [5.74, 6) is -0.303. The second-order valence-corrected chi connectivity index (χ2v) is 4.95. The van der Waals surface area contributed by atoms with Gasteiger partial charge in [0, 0.05) is 18.2 Å². The maximum Gasteiger partial charge on any atom is 0.124 e. The number of methoxy groups -OCH3 is 1. The van der Waals surface area contributed by atoms with Crippen LogP contribution >= 0.6 is 15.9 Å². The van der Waals surface area contributed by atoms with E-state index < -0.39 is 6.10 Å². The number of benzene rings is 1. The van der Waals surface area contributed by atoms with Gasteiger partial charge in [-0.15, -0.1) is 0 Å². The highest BCUT2D eigenvalue weighted by Crippen LogP contribution is 2.16. The molecule has 0 amide bonds. The van der Waals surface area contributed by atoms with E-state index in [2.05, 4.69) is 15.9 Å². The first kappa shape index (κ1) is 15.6. The van der Waals surface area contributed by atoms with Crippen molar-refractivity contribution in [2.75, 3.05) is 26.9 Å². The summed E-state index contributed by atoms with van der Waals surface area (Å²) in [6.45, 7) is 1.54. The van der Waals surface area contributed by atoms with Gasteiger partial charge in [-0.2, -0.15) is 0 Å². The maximum absolute atomic E-state index is 13.1. The average molecular weight is 321 g/mol. The molecule has 0 aromatic heterocycles. The molecule has 1 aromatic rings. The zero-order valence-electron chi connectivity index (χ0n) is 10.4. The molecule has 18 heavy (non-hydrogen) atoms. The monoisotopic (exact) mass is 320 g/mol. The quantitative estimate of drug-likeness (QED) is 0.748. The zero-order chi connectivity index (χ0) is 13.4. The molecule has 3 nitrogen and oxygen atoms in total. The summed E-state index contributed by atoms with van der Waals surface area (Å²) in [6, 6.07) is 4.63. The third kappa shape index (κ3) is 6.44. The molecule has 0 aliphatic heterocycles. The summed E-state index contributed by atoms with van der Waals surface area (Å²) in [5, 5.41) is 9.79. The van der Waals surface area contributed by atoms with Crippen LogP contribution in [0.4, 0.5) is 4.39 Å². The fourth-order valence-electron chi connectivity index (χ4n) is 1.57. The molecule has 5 heteroatoms. The number of halogens is 2. The van der Waals surface area contributed by atoms with Gasteiger partial charge >= 0.3 is 0 Å². The Hall–Kier alpha value is -0.490. The first-order valence-corrected chi connectivity index (χ1v) is 6.61. The predicted molar refractivity (Wildman–Crippen MR) is 71.1 cm³/mol. The van der Waals surface area contributed by atoms with Crippen LogP contribution in [0.2, 0.25) is 0 Å². The number of hydrogen-bond donors (Lipinski definition) is 1. The SMILES string of the molecule is COCCOCCC(O)Cc1cc(F)cc(Br)c1. The van der Waals surface area contributed by atoms with E-state index in [1.165, 1.54) is 12.1 Å². The molecular weight excluding hydrogens is 303 g/mol. The molecular formula is C13H18BrFO3. The molecule has 0 aliphatic carbocycles. The normalized spacial score (nSPS) is 12.7. The molecule has 0 spiro atoms. The van der Waals surface area contributed by atoms with Crippen molar-refractivity contribution < 1.29 is 19.0 Å². The number of aliphatic hydroxyl groups excluding tert-OH is 1. The summed E-state index contributed by atoms with van der Waals surface area (Å²) >= 11 is 3.22. The smallest absolute Gasteiger partial charge is 0.124 e. The summed E-state index contributed by atoms with van der Waals surface area (Å²) in [7, 11) is 1.61. The second kappa shape index (κ2) is 8.58. The Labute approximate surface area is 115 Å². The molecule has 1 rings (SSSR count). The molecule has 1 unspecified atom stereocenters. The molecule has 1 N–H and O–H groups in total. The highest BCUT2D eigenvalue weighted by molar-refractivity contribution is 9.10. The van der Waals surface area contributed by atoms with E-state index in [9.17, 15) is 9.50 Å². The van der Waals surface area contributed by atoms with E-state index in [0.717, 1.165) is 5.56 Å². The summed E-state index contributed by atoms with van der Waals surface area (Å²) in [6.07, 6.45) is 0.420. The van der Waals surface area contributed by atoms with Gasteiger partial charge in [-0.25, -0.2) is 4.39 Å². The topological polar surface area (TPSA) is 38.7 Å². The Morgan fingerprint density at radius 1 is 1.28 bits per heavy atom. The van der Waals surface area contributed by atoms with Gasteiger partial charge in [-0.05, 0) is 36.6 Å². The van der Waals surface area contributed by atoms with Crippen molar-refractivity contribution in [1.29, 1.82) is 0 Å². The Morgan fingerprint density at radius 2 is 2.06 bits per heavy atom. The van der Waals surface area contributed by atoms with Crippen molar-refractivity contribution in [3.8, 4) is 0 Å². The van der Waals surface area contributed by atoms with Gasteiger partial charge < -0.3 is 14.6 Å². The van der Waals surface area contributed by atoms with Gasteiger partial charge in [0.1, 0.15) is 5.82 Å². The molecule has 0 fully saturated rings. The van der Waals surface area contributed by atoms with Crippen molar-refractivity contribution in [1.82, 2.24) is 0 Å². The Morgan fingerprint density at radius 3 is 2.72 bits per heavy atom. The molecule has 1 atom stereocenters. The molecule has 0 saturated heterocycles. The van der Waals surface area contributed by atoms with E-state index in [-0.39, 0.29) is 5.82 Å². The van der Waals surface area contributed by atoms with Crippen molar-refractivity contribution in [3.05, 3.63) is 34.1 Å². The van der Waals surface area contributed by atoms with Crippen LogP contribution < -0.4 is 0 Å². The van der Waals surface area contributed by atoms with E-state index in [0.29, 0.717) is 37.1 Å². The maximum atomic E-state index is 13.1. The van der Waals surface area contributed by atoms with Gasteiger partial charge in [0.25, 0.3) is 0 Å². The minimum atomic E-state index is -0.527. The van der Waals surface area contributed by atoms with Crippen LogP contribution in [0.15, 0.2) is 22.7 Å². The lowest BCUT2D eigenvalue weighted by atomic mass is 10.1. The largest absolute Gasteiger partial charge is 0.393 e. The first-order valence-electron chi connectivity index (χ1n) is 5.81. The van der Waals surface area contributed by atoms with Gasteiger partial charge in [0.05, 0.1) is 19.3 Å². The van der Waals surface area contributed by atoms with E-state index in [1.54, 1.807) is 13.2 Å². The lowest BCUT2D eigenvalue weighted by molar-refractivity contribution is 0.0479. The van der Waals surface area contributed by atoms with Crippen LogP contribution in [0.1, 0.15) is 12.0 Å². The second-order valence-electron chi connectivity index (χ2n) is 4.03. The van der Waals surface area contributed by atoms with Crippen molar-refractivity contribution in [3.63, 3.8) is 0 Å². The number of ether oxygens (including phenoxy) is 2. The fourth-order valence-corrected chi connectivity index (χ4v) is 2.08. The lowest BCUT2D eigenvalue weighted by Crippen LogP contribution is -2.15. The van der Waals surface area contributed by atoms with Crippen LogP contribution in [0, 0.1) is 5.82 Å². The van der Waals surface area contributed by atoms with Gasteiger partial charge in [-0.1, -0.05) is 15.9 Å². The predicted octanol–water partition coefficient (Wildman–Crippen LogP) is 2.54. The Bertz CT molecular complexity index is 340. The summed E-state index contributed by atoms with van der Waals surface area (Å²) in [5.41, 5.74) is 0.770. The molecule has 1 aromatic carbocycles. The highest BCUT2D eigenvalue weighted by Gasteiger charge is 2.07. The van der Waals surface area contributed by atoms with Gasteiger partial charge in [0.2, 0.25) is 0 Å². The third-order valence-electron chi connectivity index (χ3n) is 2.42.